The third-order valence-corrected chi connectivity index (χ3v) is 14.3. The molecule has 0 aliphatic carbocycles. The Morgan fingerprint density at radius 2 is 1.73 bits per heavy atom. The first kappa shape index (κ1) is 33.5. The molecular weight excluding hydrogens is 579 g/mol. The van der Waals surface area contributed by atoms with Crippen molar-refractivity contribution in [2.24, 2.45) is 5.10 Å². The number of para-hydroxylation sites is 1. The largest absolute Gasteiger partial charge is 0.406 e. The van der Waals surface area contributed by atoms with E-state index in [9.17, 15) is 0 Å². The van der Waals surface area contributed by atoms with Crippen LogP contribution in [0.2, 0.25) is 43.8 Å². The van der Waals surface area contributed by atoms with Crippen molar-refractivity contribution in [3.8, 4) is 11.8 Å². The molecule has 0 N–H and O–H groups in total. The van der Waals surface area contributed by atoms with Crippen molar-refractivity contribution in [3.63, 3.8) is 0 Å². The maximum Gasteiger partial charge on any atom is 0.193 e. The van der Waals surface area contributed by atoms with Gasteiger partial charge in [0.05, 0.1) is 24.9 Å². The van der Waals surface area contributed by atoms with Gasteiger partial charge in [0.2, 0.25) is 0 Å². The molecule has 0 bridgehead atoms. The van der Waals surface area contributed by atoms with Crippen LogP contribution in [0.1, 0.15) is 32.0 Å². The third kappa shape index (κ3) is 8.82. The predicted octanol–water partition coefficient (Wildman–Crippen LogP) is 8.25. The Labute approximate surface area is 266 Å². The van der Waals surface area contributed by atoms with Gasteiger partial charge in [-0.05, 0) is 66.1 Å². The molecule has 2 heterocycles. The normalized spacial score (nSPS) is 12.6. The van der Waals surface area contributed by atoms with Gasteiger partial charge in [0, 0.05) is 50.8 Å². The van der Waals surface area contributed by atoms with Crippen LogP contribution in [0.4, 0.5) is 11.4 Å². The summed E-state index contributed by atoms with van der Waals surface area (Å²) in [6.07, 6.45) is 5.59. The molecule has 0 aliphatic heterocycles. The van der Waals surface area contributed by atoms with Crippen LogP contribution in [0.25, 0.3) is 10.9 Å². The Hall–Kier alpha value is -3.43. The van der Waals surface area contributed by atoms with E-state index in [2.05, 4.69) is 93.5 Å². The van der Waals surface area contributed by atoms with Crippen LogP contribution in [0.3, 0.4) is 0 Å². The van der Waals surface area contributed by atoms with Crippen molar-refractivity contribution in [1.29, 1.82) is 0 Å². The van der Waals surface area contributed by atoms with Gasteiger partial charge in [-0.1, -0.05) is 70.5 Å². The smallest absolute Gasteiger partial charge is 0.193 e. The summed E-state index contributed by atoms with van der Waals surface area (Å²) in [7, 11) is -3.08. The van der Waals surface area contributed by atoms with E-state index in [0.717, 1.165) is 34.0 Å². The lowest BCUT2D eigenvalue weighted by Gasteiger charge is -2.35. The zero-order valence-corrected chi connectivity index (χ0v) is 29.6. The molecule has 0 aliphatic rings. The number of rotatable bonds is 12. The van der Waals surface area contributed by atoms with E-state index >= 15 is 0 Å². The number of hydrogen-bond donors (Lipinski definition) is 0. The number of aromatic nitrogens is 3. The minimum atomic E-state index is -1.87. The molecule has 4 aromatic rings. The second-order valence-electron chi connectivity index (χ2n) is 13.8. The van der Waals surface area contributed by atoms with Crippen molar-refractivity contribution in [1.82, 2.24) is 14.5 Å². The summed E-state index contributed by atoms with van der Waals surface area (Å²) in [5, 5.41) is 10.6. The average Bonchev–Trinajstić information content (AvgIpc) is 3.59. The highest BCUT2D eigenvalue weighted by Crippen LogP contribution is 2.36. The lowest BCUT2D eigenvalue weighted by atomic mass is 10.1. The topological polar surface area (TPSA) is 56.8 Å². The fourth-order valence-corrected chi connectivity index (χ4v) is 5.89. The van der Waals surface area contributed by atoms with Gasteiger partial charge in [0.1, 0.15) is 12.4 Å². The molecule has 232 valence electrons. The van der Waals surface area contributed by atoms with Crippen LogP contribution < -0.4 is 4.90 Å². The Bertz CT molecular complexity index is 1620. The third-order valence-electron chi connectivity index (χ3n) is 8.09. The van der Waals surface area contributed by atoms with Crippen molar-refractivity contribution in [2.75, 3.05) is 24.7 Å². The van der Waals surface area contributed by atoms with Gasteiger partial charge < -0.3 is 14.1 Å². The van der Waals surface area contributed by atoms with Crippen LogP contribution in [0.5, 0.6) is 0 Å². The van der Waals surface area contributed by atoms with Gasteiger partial charge in [-0.2, -0.15) is 10.2 Å². The van der Waals surface area contributed by atoms with Crippen molar-refractivity contribution >= 4 is 44.9 Å². The first-order chi connectivity index (χ1) is 20.7. The molecule has 0 spiro atoms. The van der Waals surface area contributed by atoms with E-state index in [0.29, 0.717) is 32.1 Å². The molecule has 2 aromatic heterocycles. The Morgan fingerprint density at radius 1 is 1.00 bits per heavy atom. The Morgan fingerprint density at radius 3 is 2.41 bits per heavy atom. The molecule has 0 saturated carbocycles. The number of fused-ring (bicyclic) bond motifs is 1. The predicted molar refractivity (Wildman–Crippen MR) is 189 cm³/mol. The minimum absolute atomic E-state index is 0.140. The fraction of sp³-hybridized carbons (Fsp3) is 0.400. The highest BCUT2D eigenvalue weighted by atomic mass is 28.4. The van der Waals surface area contributed by atoms with Gasteiger partial charge >= 0.3 is 0 Å². The molecule has 0 amide bonds. The quantitative estimate of drug-likeness (QED) is 0.0689. The summed E-state index contributed by atoms with van der Waals surface area (Å²) in [6, 6.07) is 19.2. The lowest BCUT2D eigenvalue weighted by Crippen LogP contribution is -2.40. The molecule has 4 rings (SSSR count). The van der Waals surface area contributed by atoms with Gasteiger partial charge in [-0.3, -0.25) is 0 Å². The first-order valence-corrected chi connectivity index (χ1v) is 21.8. The number of nitrogens with zero attached hydrogens (tertiary/aromatic N) is 5. The zero-order valence-electron chi connectivity index (χ0n) is 27.6. The van der Waals surface area contributed by atoms with E-state index < -0.39 is 16.4 Å². The average molecular weight is 626 g/mol. The number of ether oxygens (including phenoxy) is 1. The van der Waals surface area contributed by atoms with Crippen molar-refractivity contribution in [2.45, 2.75) is 71.3 Å². The summed E-state index contributed by atoms with van der Waals surface area (Å²) in [4.78, 5) is 2.14. The number of hydrogen-bond acceptors (Lipinski definition) is 5. The van der Waals surface area contributed by atoms with Crippen molar-refractivity contribution < 1.29 is 9.16 Å². The van der Waals surface area contributed by atoms with Crippen LogP contribution >= 0.6 is 0 Å². The van der Waals surface area contributed by atoms with Gasteiger partial charge in [0.15, 0.2) is 8.32 Å². The first-order valence-electron chi connectivity index (χ1n) is 15.2. The van der Waals surface area contributed by atoms with Crippen LogP contribution in [0, 0.1) is 18.8 Å². The van der Waals surface area contributed by atoms with E-state index in [1.54, 1.807) is 10.9 Å². The summed E-state index contributed by atoms with van der Waals surface area (Å²) in [5.74, 6) is 6.60. The maximum atomic E-state index is 6.48. The van der Waals surface area contributed by atoms with Crippen LogP contribution in [-0.4, -0.2) is 56.8 Å². The summed E-state index contributed by atoms with van der Waals surface area (Å²) < 4.78 is 16.1. The monoisotopic (exact) mass is 625 g/mol. The molecule has 0 saturated heterocycles. The van der Waals surface area contributed by atoms with E-state index in [-0.39, 0.29) is 5.04 Å². The summed E-state index contributed by atoms with van der Waals surface area (Å²) in [5.41, 5.74) is 4.29. The highest BCUT2D eigenvalue weighted by Gasteiger charge is 2.36. The van der Waals surface area contributed by atoms with Gasteiger partial charge in [0.25, 0.3) is 0 Å². The summed E-state index contributed by atoms with van der Waals surface area (Å²) >= 11 is 0. The highest BCUT2D eigenvalue weighted by molar-refractivity contribution is 6.76. The number of anilines is 2. The molecule has 7 nitrogen and oxygen atoms in total. The molecular formula is C35H47N5O2Si2. The molecule has 9 heteroatoms. The Kier molecular flexibility index (Phi) is 10.7. The van der Waals surface area contributed by atoms with E-state index in [1.807, 2.05) is 53.5 Å². The molecule has 0 fully saturated rings. The fourth-order valence-electron chi connectivity index (χ4n) is 4.27. The lowest BCUT2D eigenvalue weighted by molar-refractivity contribution is 0.0816. The second-order valence-corrected chi connectivity index (χ2v) is 24.2. The molecule has 2 aromatic carbocycles. The van der Waals surface area contributed by atoms with Crippen LogP contribution in [-0.2, 0) is 15.9 Å². The SMILES string of the molecule is [CH]c1ccccc1N(CC#CCO[Si](C)(C)C(C)(C)C)c1ccc2c(C=Nn3cccc3)nn(COCC[Si](C)(C)C)c2c1. The standard InChI is InChI=1S/C35H47N5O2Si2/c1-29-16-10-11-17-33(29)39(22-14-15-23-42-44(8,9)35(2,3)4)30-18-19-31-32(27-36-38-20-12-13-21-38)37-40(34(31)26-30)28-41-24-25-43(5,6)7/h1,10-13,16-21,26-27H,22-25,28H2,2-9H3. The molecule has 0 unspecified atom stereocenters. The second kappa shape index (κ2) is 14.1. The molecule has 0 atom stereocenters. The van der Waals surface area contributed by atoms with Crippen molar-refractivity contribution in [3.05, 3.63) is 85.2 Å². The summed E-state index contributed by atoms with van der Waals surface area (Å²) in [6.45, 7) is 26.7. The maximum absolute atomic E-state index is 6.48. The van der Waals surface area contributed by atoms with Gasteiger partial charge in [-0.25, -0.2) is 9.36 Å². The van der Waals surface area contributed by atoms with Gasteiger partial charge in [-0.15, -0.1) is 0 Å². The number of benzene rings is 2. The zero-order chi connectivity index (χ0) is 32.0. The molecule has 44 heavy (non-hydrogen) atoms. The van der Waals surface area contributed by atoms with Crippen LogP contribution in [0.15, 0.2) is 72.1 Å². The minimum Gasteiger partial charge on any atom is -0.406 e. The van der Waals surface area contributed by atoms with E-state index in [4.69, 9.17) is 21.2 Å². The molecule has 2 radical (unpaired) electrons. The Balaban J connectivity index is 1.67. The van der Waals surface area contributed by atoms with E-state index in [1.165, 1.54) is 0 Å².